The van der Waals surface area contributed by atoms with E-state index < -0.39 is 0 Å². The normalized spacial score (nSPS) is 19.9. The van der Waals surface area contributed by atoms with Crippen LogP contribution in [0.25, 0.3) is 0 Å². The summed E-state index contributed by atoms with van der Waals surface area (Å²) in [6, 6.07) is 8.04. The first kappa shape index (κ1) is 14.1. The number of hydrogen-bond acceptors (Lipinski definition) is 5. The van der Waals surface area contributed by atoms with Crippen LogP contribution in [0.2, 0.25) is 0 Å². The van der Waals surface area contributed by atoms with E-state index in [2.05, 4.69) is 20.9 Å². The molecule has 1 atom stereocenters. The summed E-state index contributed by atoms with van der Waals surface area (Å²) in [5.74, 6) is 0.960. The molecule has 0 aromatic carbocycles. The highest BCUT2D eigenvalue weighted by molar-refractivity contribution is 5.51. The van der Waals surface area contributed by atoms with Crippen LogP contribution in [0.1, 0.15) is 17.9 Å². The second kappa shape index (κ2) is 6.28. The van der Waals surface area contributed by atoms with Crippen molar-refractivity contribution in [1.82, 2.24) is 9.88 Å². The van der Waals surface area contributed by atoms with E-state index in [9.17, 15) is 5.11 Å². The molecule has 0 saturated heterocycles. The summed E-state index contributed by atoms with van der Waals surface area (Å²) < 4.78 is 5.45. The van der Waals surface area contributed by atoms with Crippen molar-refractivity contribution in [1.29, 1.82) is 0 Å². The minimum atomic E-state index is 0.118. The molecule has 1 N–H and O–H groups in total. The average Bonchev–Trinajstić information content (AvgIpc) is 2.99. The Morgan fingerprint density at radius 3 is 3.05 bits per heavy atom. The van der Waals surface area contributed by atoms with E-state index in [0.29, 0.717) is 0 Å². The van der Waals surface area contributed by atoms with Gasteiger partial charge >= 0.3 is 0 Å². The minimum Gasteiger partial charge on any atom is -0.468 e. The number of nitrogens with zero attached hydrogens (tertiary/aromatic N) is 3. The van der Waals surface area contributed by atoms with E-state index in [1.807, 2.05) is 31.4 Å². The zero-order chi connectivity index (χ0) is 14.7. The van der Waals surface area contributed by atoms with E-state index in [-0.39, 0.29) is 12.6 Å². The van der Waals surface area contributed by atoms with Gasteiger partial charge in [0.1, 0.15) is 5.76 Å². The lowest BCUT2D eigenvalue weighted by atomic mass is 10.1. The van der Waals surface area contributed by atoms with Crippen molar-refractivity contribution >= 4 is 5.69 Å². The van der Waals surface area contributed by atoms with Crippen molar-refractivity contribution in [3.05, 3.63) is 48.2 Å². The van der Waals surface area contributed by atoms with E-state index in [0.717, 1.165) is 43.2 Å². The number of likely N-dealkylation sites (N-methyl/N-ethyl adjacent to an activating group) is 1. The highest BCUT2D eigenvalue weighted by atomic mass is 16.3. The molecule has 0 amide bonds. The number of hydrogen-bond donors (Lipinski definition) is 1. The SMILES string of the molecule is CN1c2cccnc2CN(Cc2ccco2)CC[C@H]1CO. The Morgan fingerprint density at radius 2 is 2.29 bits per heavy atom. The largest absolute Gasteiger partial charge is 0.468 e. The van der Waals surface area contributed by atoms with Crippen molar-refractivity contribution in [3.63, 3.8) is 0 Å². The molecule has 2 aromatic heterocycles. The minimum absolute atomic E-state index is 0.118. The van der Waals surface area contributed by atoms with Gasteiger partial charge in [-0.05, 0) is 30.7 Å². The molecule has 3 rings (SSSR count). The predicted molar refractivity (Wildman–Crippen MR) is 81.0 cm³/mol. The zero-order valence-electron chi connectivity index (χ0n) is 12.3. The van der Waals surface area contributed by atoms with Gasteiger partial charge in [0.05, 0.1) is 36.8 Å². The summed E-state index contributed by atoms with van der Waals surface area (Å²) >= 11 is 0. The van der Waals surface area contributed by atoms with Gasteiger partial charge < -0.3 is 14.4 Å². The first-order valence-corrected chi connectivity index (χ1v) is 7.30. The molecule has 5 nitrogen and oxygen atoms in total. The Kier molecular flexibility index (Phi) is 4.22. The number of furan rings is 1. The van der Waals surface area contributed by atoms with Gasteiger partial charge in [-0.1, -0.05) is 0 Å². The maximum atomic E-state index is 9.65. The van der Waals surface area contributed by atoms with Gasteiger partial charge in [-0.2, -0.15) is 0 Å². The molecule has 0 radical (unpaired) electrons. The van der Waals surface area contributed by atoms with E-state index in [1.165, 1.54) is 0 Å². The fraction of sp³-hybridized carbons (Fsp3) is 0.438. The van der Waals surface area contributed by atoms with Crippen LogP contribution in [0.3, 0.4) is 0 Å². The van der Waals surface area contributed by atoms with Crippen LogP contribution in [0.5, 0.6) is 0 Å². The van der Waals surface area contributed by atoms with Gasteiger partial charge in [-0.3, -0.25) is 9.88 Å². The summed E-state index contributed by atoms with van der Waals surface area (Å²) in [6.07, 6.45) is 4.45. The summed E-state index contributed by atoms with van der Waals surface area (Å²) in [7, 11) is 2.03. The van der Waals surface area contributed by atoms with Gasteiger partial charge in [0.25, 0.3) is 0 Å². The molecule has 1 aliphatic heterocycles. The van der Waals surface area contributed by atoms with Gasteiger partial charge in [0, 0.05) is 26.3 Å². The molecular weight excluding hydrogens is 266 g/mol. The fourth-order valence-corrected chi connectivity index (χ4v) is 2.86. The average molecular weight is 287 g/mol. The van der Waals surface area contributed by atoms with Crippen LogP contribution in [0.15, 0.2) is 41.1 Å². The molecule has 21 heavy (non-hydrogen) atoms. The Morgan fingerprint density at radius 1 is 1.38 bits per heavy atom. The van der Waals surface area contributed by atoms with E-state index >= 15 is 0 Å². The smallest absolute Gasteiger partial charge is 0.117 e. The van der Waals surface area contributed by atoms with Crippen LogP contribution in [-0.4, -0.2) is 41.2 Å². The Hall–Kier alpha value is -1.85. The standard InChI is InChI=1S/C16H21N3O2/c1-18-13(12-20)6-8-19(10-14-4-3-9-21-14)11-15-16(18)5-2-7-17-15/h2-5,7,9,13,20H,6,8,10-12H2,1H3/t13-/m0/s1. The molecule has 0 saturated carbocycles. The maximum Gasteiger partial charge on any atom is 0.117 e. The Balaban J connectivity index is 1.85. The predicted octanol–water partition coefficient (Wildman–Crippen LogP) is 1.88. The molecule has 0 unspecified atom stereocenters. The number of anilines is 1. The van der Waals surface area contributed by atoms with Gasteiger partial charge in [-0.15, -0.1) is 0 Å². The number of fused-ring (bicyclic) bond motifs is 1. The van der Waals surface area contributed by atoms with Crippen molar-refractivity contribution < 1.29 is 9.52 Å². The molecule has 0 fully saturated rings. The summed E-state index contributed by atoms with van der Waals surface area (Å²) in [5, 5.41) is 9.65. The highest BCUT2D eigenvalue weighted by Crippen LogP contribution is 2.25. The van der Waals surface area contributed by atoms with E-state index in [1.54, 1.807) is 6.26 Å². The summed E-state index contributed by atoms with van der Waals surface area (Å²) in [6.45, 7) is 2.62. The van der Waals surface area contributed by atoms with Crippen LogP contribution < -0.4 is 4.90 Å². The number of rotatable bonds is 3. The lowest BCUT2D eigenvalue weighted by Gasteiger charge is -2.35. The van der Waals surface area contributed by atoms with Crippen molar-refractivity contribution in [2.45, 2.75) is 25.6 Å². The summed E-state index contributed by atoms with van der Waals surface area (Å²) in [5.41, 5.74) is 2.14. The fourth-order valence-electron chi connectivity index (χ4n) is 2.86. The number of aromatic nitrogens is 1. The third kappa shape index (κ3) is 3.09. The van der Waals surface area contributed by atoms with Crippen LogP contribution in [-0.2, 0) is 13.1 Å². The molecule has 0 bridgehead atoms. The number of aliphatic hydroxyl groups is 1. The lowest BCUT2D eigenvalue weighted by Crippen LogP contribution is -2.41. The van der Waals surface area contributed by atoms with Gasteiger partial charge in [0.2, 0.25) is 0 Å². The third-order valence-electron chi connectivity index (χ3n) is 4.12. The summed E-state index contributed by atoms with van der Waals surface area (Å²) in [4.78, 5) is 8.99. The number of aliphatic hydroxyl groups excluding tert-OH is 1. The molecule has 0 spiro atoms. The first-order chi connectivity index (χ1) is 10.3. The number of pyridine rings is 1. The van der Waals surface area contributed by atoms with E-state index in [4.69, 9.17) is 4.42 Å². The third-order valence-corrected chi connectivity index (χ3v) is 4.12. The van der Waals surface area contributed by atoms with Gasteiger partial charge in [-0.25, -0.2) is 0 Å². The molecule has 3 heterocycles. The van der Waals surface area contributed by atoms with Crippen LogP contribution >= 0.6 is 0 Å². The van der Waals surface area contributed by atoms with Crippen molar-refractivity contribution in [2.24, 2.45) is 0 Å². The molecular formula is C16H21N3O2. The van der Waals surface area contributed by atoms with Gasteiger partial charge in [0.15, 0.2) is 0 Å². The quantitative estimate of drug-likeness (QED) is 0.934. The van der Waals surface area contributed by atoms with Crippen molar-refractivity contribution in [2.75, 3.05) is 25.1 Å². The molecule has 2 aromatic rings. The first-order valence-electron chi connectivity index (χ1n) is 7.30. The second-order valence-corrected chi connectivity index (χ2v) is 5.50. The monoisotopic (exact) mass is 287 g/mol. The maximum absolute atomic E-state index is 9.65. The lowest BCUT2D eigenvalue weighted by molar-refractivity contribution is 0.195. The second-order valence-electron chi connectivity index (χ2n) is 5.50. The molecule has 5 heteroatoms. The molecule has 112 valence electrons. The highest BCUT2D eigenvalue weighted by Gasteiger charge is 2.23. The Labute approximate surface area is 124 Å². The molecule has 1 aliphatic rings. The van der Waals surface area contributed by atoms with Crippen LogP contribution in [0.4, 0.5) is 5.69 Å². The van der Waals surface area contributed by atoms with Crippen LogP contribution in [0, 0.1) is 0 Å². The zero-order valence-corrected chi connectivity index (χ0v) is 12.3. The topological polar surface area (TPSA) is 52.7 Å². The Bertz CT molecular complexity index is 571. The van der Waals surface area contributed by atoms with Crippen molar-refractivity contribution in [3.8, 4) is 0 Å². The molecule has 0 aliphatic carbocycles.